The molecule has 128 valence electrons. The molecule has 0 unspecified atom stereocenters. The van der Waals surface area contributed by atoms with Crippen molar-refractivity contribution in [3.63, 3.8) is 0 Å². The summed E-state index contributed by atoms with van der Waals surface area (Å²) in [7, 11) is 0. The van der Waals surface area contributed by atoms with Crippen LogP contribution in [-0.2, 0) is 0 Å². The van der Waals surface area contributed by atoms with Crippen molar-refractivity contribution in [1.29, 1.82) is 0 Å². The monoisotopic (exact) mass is 343 g/mol. The van der Waals surface area contributed by atoms with E-state index in [4.69, 9.17) is 10.7 Å². The highest BCUT2D eigenvalue weighted by molar-refractivity contribution is 6.10. The van der Waals surface area contributed by atoms with Gasteiger partial charge < -0.3 is 11.1 Å². The second-order valence-electron chi connectivity index (χ2n) is 6.23. The van der Waals surface area contributed by atoms with Gasteiger partial charge in [0.05, 0.1) is 5.52 Å². The minimum Gasteiger partial charge on any atom is -0.368 e. The van der Waals surface area contributed by atoms with E-state index in [9.17, 15) is 4.79 Å². The van der Waals surface area contributed by atoms with E-state index in [-0.39, 0.29) is 11.7 Å². The SMILES string of the molecule is CC(=O)c1ccc2c(c1)nc(Nc1cccc(C)c1)c1nc(N)ncc12. The Labute approximate surface area is 150 Å². The van der Waals surface area contributed by atoms with Gasteiger partial charge >= 0.3 is 0 Å². The van der Waals surface area contributed by atoms with Crippen molar-refractivity contribution >= 4 is 45.0 Å². The lowest BCUT2D eigenvalue weighted by Gasteiger charge is -2.12. The summed E-state index contributed by atoms with van der Waals surface area (Å²) in [6.45, 7) is 3.56. The molecule has 0 aliphatic carbocycles. The lowest BCUT2D eigenvalue weighted by Crippen LogP contribution is -2.02. The maximum atomic E-state index is 11.7. The number of nitrogen functional groups attached to an aromatic ring is 1. The van der Waals surface area contributed by atoms with Gasteiger partial charge in [0.15, 0.2) is 11.6 Å². The Balaban J connectivity index is 1.98. The number of aromatic nitrogens is 3. The number of carbonyl (C=O) groups excluding carboxylic acids is 1. The molecule has 0 saturated heterocycles. The molecule has 0 atom stereocenters. The van der Waals surface area contributed by atoms with E-state index in [0.29, 0.717) is 22.4 Å². The van der Waals surface area contributed by atoms with Gasteiger partial charge in [-0.3, -0.25) is 4.79 Å². The average molecular weight is 343 g/mol. The van der Waals surface area contributed by atoms with Crippen LogP contribution >= 0.6 is 0 Å². The fourth-order valence-corrected chi connectivity index (χ4v) is 2.96. The average Bonchev–Trinajstić information content (AvgIpc) is 2.61. The van der Waals surface area contributed by atoms with Crippen LogP contribution in [0.25, 0.3) is 21.8 Å². The molecule has 2 aromatic carbocycles. The van der Waals surface area contributed by atoms with Crippen molar-refractivity contribution in [2.24, 2.45) is 0 Å². The van der Waals surface area contributed by atoms with E-state index < -0.39 is 0 Å². The van der Waals surface area contributed by atoms with Crippen LogP contribution in [0.4, 0.5) is 17.5 Å². The Kier molecular flexibility index (Phi) is 3.73. The molecule has 26 heavy (non-hydrogen) atoms. The lowest BCUT2D eigenvalue weighted by atomic mass is 10.1. The molecule has 0 aliphatic rings. The van der Waals surface area contributed by atoms with Crippen LogP contribution in [0, 0.1) is 6.92 Å². The Morgan fingerprint density at radius 1 is 1.08 bits per heavy atom. The van der Waals surface area contributed by atoms with E-state index >= 15 is 0 Å². The summed E-state index contributed by atoms with van der Waals surface area (Å²) in [6.07, 6.45) is 1.69. The molecule has 0 amide bonds. The number of hydrogen-bond donors (Lipinski definition) is 2. The third-order valence-corrected chi connectivity index (χ3v) is 4.24. The summed E-state index contributed by atoms with van der Waals surface area (Å²) >= 11 is 0. The highest BCUT2D eigenvalue weighted by Gasteiger charge is 2.13. The molecule has 6 nitrogen and oxygen atoms in total. The normalized spacial score (nSPS) is 11.0. The molecule has 6 heteroatoms. The first-order valence-corrected chi connectivity index (χ1v) is 8.22. The summed E-state index contributed by atoms with van der Waals surface area (Å²) < 4.78 is 0. The Morgan fingerprint density at radius 2 is 1.92 bits per heavy atom. The lowest BCUT2D eigenvalue weighted by molar-refractivity contribution is 0.101. The third-order valence-electron chi connectivity index (χ3n) is 4.24. The minimum absolute atomic E-state index is 0.00412. The van der Waals surface area contributed by atoms with E-state index in [2.05, 4.69) is 15.3 Å². The van der Waals surface area contributed by atoms with Crippen LogP contribution in [0.3, 0.4) is 0 Å². The molecule has 3 N–H and O–H groups in total. The Hall–Kier alpha value is -3.54. The quantitative estimate of drug-likeness (QED) is 0.431. The van der Waals surface area contributed by atoms with Gasteiger partial charge in [-0.2, -0.15) is 0 Å². The first-order chi connectivity index (χ1) is 12.5. The summed E-state index contributed by atoms with van der Waals surface area (Å²) in [6, 6.07) is 13.4. The van der Waals surface area contributed by atoms with E-state index in [1.54, 1.807) is 18.3 Å². The predicted octanol–water partition coefficient (Wildman–Crippen LogP) is 4.01. The fraction of sp³-hybridized carbons (Fsp3) is 0.100. The van der Waals surface area contributed by atoms with Gasteiger partial charge in [0.25, 0.3) is 0 Å². The van der Waals surface area contributed by atoms with Crippen LogP contribution in [0.2, 0.25) is 0 Å². The molecule has 0 fully saturated rings. The molecule has 0 radical (unpaired) electrons. The number of Topliss-reactive ketones (excluding diaryl/α,β-unsaturated/α-hetero) is 1. The molecule has 0 aliphatic heterocycles. The third kappa shape index (κ3) is 2.82. The van der Waals surface area contributed by atoms with E-state index in [1.165, 1.54) is 6.92 Å². The molecule has 0 saturated carbocycles. The zero-order chi connectivity index (χ0) is 18.3. The van der Waals surface area contributed by atoms with E-state index in [1.807, 2.05) is 37.3 Å². The molecule has 2 aromatic heterocycles. The van der Waals surface area contributed by atoms with Crippen LogP contribution < -0.4 is 11.1 Å². The Morgan fingerprint density at radius 3 is 2.69 bits per heavy atom. The van der Waals surface area contributed by atoms with Crippen molar-refractivity contribution < 1.29 is 4.79 Å². The van der Waals surface area contributed by atoms with E-state index in [0.717, 1.165) is 22.0 Å². The number of pyridine rings is 1. The smallest absolute Gasteiger partial charge is 0.220 e. The number of fused-ring (bicyclic) bond motifs is 3. The second kappa shape index (κ2) is 6.07. The van der Waals surface area contributed by atoms with Gasteiger partial charge in [-0.05, 0) is 37.6 Å². The van der Waals surface area contributed by atoms with Crippen LogP contribution in [0.5, 0.6) is 0 Å². The standard InChI is InChI=1S/C20H17N5O/c1-11-4-3-5-14(8-11)23-19-18-16(10-22-20(21)25-18)15-7-6-13(12(2)26)9-17(15)24-19/h3-10H,1-2H3,(H,23,24)(H2,21,22,25). The first-order valence-electron chi connectivity index (χ1n) is 8.22. The summed E-state index contributed by atoms with van der Waals surface area (Å²) in [5, 5.41) is 5.02. The van der Waals surface area contributed by atoms with Crippen molar-refractivity contribution in [2.45, 2.75) is 13.8 Å². The fourth-order valence-electron chi connectivity index (χ4n) is 2.96. The first kappa shape index (κ1) is 16.0. The minimum atomic E-state index is -0.00412. The highest BCUT2D eigenvalue weighted by Crippen LogP contribution is 2.30. The number of nitrogens with one attached hydrogen (secondary N) is 1. The molecule has 2 heterocycles. The topological polar surface area (TPSA) is 93.8 Å². The Bertz CT molecular complexity index is 1170. The number of aryl methyl sites for hydroxylation is 1. The van der Waals surface area contributed by atoms with Gasteiger partial charge in [0, 0.05) is 28.2 Å². The van der Waals surface area contributed by atoms with Crippen molar-refractivity contribution in [3.05, 3.63) is 59.8 Å². The number of anilines is 3. The molecule has 4 rings (SSSR count). The highest BCUT2D eigenvalue weighted by atomic mass is 16.1. The van der Waals surface area contributed by atoms with Crippen LogP contribution in [-0.4, -0.2) is 20.7 Å². The number of hydrogen-bond acceptors (Lipinski definition) is 6. The summed E-state index contributed by atoms with van der Waals surface area (Å²) in [5.41, 5.74) is 9.79. The number of nitrogens with two attached hydrogens (primary N) is 1. The zero-order valence-electron chi connectivity index (χ0n) is 14.4. The van der Waals surface area contributed by atoms with Crippen molar-refractivity contribution in [1.82, 2.24) is 15.0 Å². The van der Waals surface area contributed by atoms with Crippen LogP contribution in [0.1, 0.15) is 22.8 Å². The van der Waals surface area contributed by atoms with Crippen molar-refractivity contribution in [3.8, 4) is 0 Å². The van der Waals surface area contributed by atoms with Gasteiger partial charge in [0.1, 0.15) is 5.52 Å². The molecule has 0 bridgehead atoms. The van der Waals surface area contributed by atoms with Gasteiger partial charge in [-0.15, -0.1) is 0 Å². The second-order valence-corrected chi connectivity index (χ2v) is 6.23. The largest absolute Gasteiger partial charge is 0.368 e. The number of carbonyl (C=O) groups is 1. The number of nitrogens with zero attached hydrogens (tertiary/aromatic N) is 3. The van der Waals surface area contributed by atoms with Gasteiger partial charge in [-0.25, -0.2) is 15.0 Å². The van der Waals surface area contributed by atoms with Gasteiger partial charge in [0.2, 0.25) is 5.95 Å². The van der Waals surface area contributed by atoms with Crippen molar-refractivity contribution in [2.75, 3.05) is 11.1 Å². The van der Waals surface area contributed by atoms with Crippen LogP contribution in [0.15, 0.2) is 48.7 Å². The molecule has 4 aromatic rings. The maximum absolute atomic E-state index is 11.7. The zero-order valence-corrected chi connectivity index (χ0v) is 14.4. The molecular weight excluding hydrogens is 326 g/mol. The molecular formula is C20H17N5O. The number of ketones is 1. The molecule has 0 spiro atoms. The summed E-state index contributed by atoms with van der Waals surface area (Å²) in [4.78, 5) is 24.9. The van der Waals surface area contributed by atoms with Gasteiger partial charge in [-0.1, -0.05) is 24.3 Å². The maximum Gasteiger partial charge on any atom is 0.220 e. The predicted molar refractivity (Wildman–Crippen MR) is 104 cm³/mol. The number of rotatable bonds is 3. The summed E-state index contributed by atoms with van der Waals surface area (Å²) in [5.74, 6) is 0.759. The number of benzene rings is 2.